The lowest BCUT2D eigenvalue weighted by atomic mass is 9.93. The van der Waals surface area contributed by atoms with Gasteiger partial charge >= 0.3 is 6.03 Å². The molecule has 0 aromatic heterocycles. The molecule has 1 fully saturated rings. The quantitative estimate of drug-likeness (QED) is 0.510. The average Bonchev–Trinajstić information content (AvgIpc) is 2.91. The number of thioether (sulfide) groups is 1. The van der Waals surface area contributed by atoms with Crippen LogP contribution in [0.2, 0.25) is 5.02 Å². The fourth-order valence-corrected chi connectivity index (χ4v) is 4.06. The predicted molar refractivity (Wildman–Crippen MR) is 112 cm³/mol. The van der Waals surface area contributed by atoms with Gasteiger partial charge in [0.15, 0.2) is 0 Å². The minimum Gasteiger partial charge on any atom is -0.497 e. The number of nitrogens with zero attached hydrogens (tertiary/aromatic N) is 1. The summed E-state index contributed by atoms with van der Waals surface area (Å²) in [6.45, 7) is 2.17. The summed E-state index contributed by atoms with van der Waals surface area (Å²) in [6.07, 6.45) is 1.24. The Balaban J connectivity index is 1.54. The second-order valence-electron chi connectivity index (χ2n) is 6.87. The van der Waals surface area contributed by atoms with Crippen LogP contribution in [0.15, 0.2) is 53.4 Å². The summed E-state index contributed by atoms with van der Waals surface area (Å²) >= 11 is 7.48. The topological polar surface area (TPSA) is 58.6 Å². The molecule has 3 rings (SSSR count). The summed E-state index contributed by atoms with van der Waals surface area (Å²) < 4.78 is 5.16. The summed E-state index contributed by atoms with van der Waals surface area (Å²) in [6, 6.07) is 14.9. The van der Waals surface area contributed by atoms with Gasteiger partial charge in [0.05, 0.1) is 7.11 Å². The van der Waals surface area contributed by atoms with E-state index in [1.54, 1.807) is 25.8 Å². The largest absolute Gasteiger partial charge is 0.497 e. The van der Waals surface area contributed by atoms with Crippen LogP contribution in [0.5, 0.6) is 5.75 Å². The molecular weight excluding hydrogens is 396 g/mol. The number of carbonyl (C=O) groups excluding carboxylic acids is 2. The molecule has 0 saturated carbocycles. The maximum atomic E-state index is 12.8. The lowest BCUT2D eigenvalue weighted by Crippen LogP contribution is -2.44. The summed E-state index contributed by atoms with van der Waals surface area (Å²) in [5.74, 6) is 1.27. The number of hydrogen-bond acceptors (Lipinski definition) is 4. The zero-order valence-electron chi connectivity index (χ0n) is 15.9. The summed E-state index contributed by atoms with van der Waals surface area (Å²) in [7, 11) is 1.63. The molecule has 148 valence electrons. The van der Waals surface area contributed by atoms with E-state index in [9.17, 15) is 9.59 Å². The van der Waals surface area contributed by atoms with Gasteiger partial charge in [0.2, 0.25) is 0 Å². The van der Waals surface area contributed by atoms with Gasteiger partial charge in [-0.05, 0) is 61.7 Å². The van der Waals surface area contributed by atoms with Crippen molar-refractivity contribution in [1.29, 1.82) is 0 Å². The first kappa shape index (κ1) is 20.6. The van der Waals surface area contributed by atoms with Crippen LogP contribution < -0.4 is 10.1 Å². The number of aryl methyl sites for hydroxylation is 1. The van der Waals surface area contributed by atoms with Crippen LogP contribution in [0.25, 0.3) is 0 Å². The number of nitrogens with one attached hydrogen (secondary N) is 1. The van der Waals surface area contributed by atoms with Crippen LogP contribution in [-0.2, 0) is 11.2 Å². The molecule has 1 aliphatic heterocycles. The molecule has 0 unspecified atom stereocenters. The zero-order valence-corrected chi connectivity index (χ0v) is 17.5. The number of imide groups is 1. The molecule has 2 aromatic carbocycles. The maximum absolute atomic E-state index is 12.8. The average molecular weight is 419 g/mol. The molecule has 0 spiro atoms. The molecule has 2 aromatic rings. The third kappa shape index (κ3) is 4.80. The van der Waals surface area contributed by atoms with Crippen molar-refractivity contribution >= 4 is 35.3 Å². The van der Waals surface area contributed by atoms with E-state index >= 15 is 0 Å². The molecule has 0 aliphatic carbocycles. The van der Waals surface area contributed by atoms with Crippen molar-refractivity contribution in [2.24, 2.45) is 0 Å². The van der Waals surface area contributed by atoms with E-state index in [1.165, 1.54) is 4.90 Å². The standard InChI is InChI=1S/C21H23ClN2O3S/c1-21(12-11-15-3-7-17(27-2)8-4-15)19(25)24(20(26)23-21)13-14-28-18-9-5-16(22)6-10-18/h3-10H,11-14H2,1-2H3,(H,23,26)/t21-/m0/s1. The SMILES string of the molecule is COc1ccc(CC[C@]2(C)NC(=O)N(CCSc3ccc(Cl)cc3)C2=O)cc1. The summed E-state index contributed by atoms with van der Waals surface area (Å²) in [4.78, 5) is 27.5. The predicted octanol–water partition coefficient (Wildman–Crippen LogP) is 4.38. The fourth-order valence-electron chi connectivity index (χ4n) is 3.09. The van der Waals surface area contributed by atoms with E-state index in [4.69, 9.17) is 16.3 Å². The third-order valence-electron chi connectivity index (χ3n) is 4.82. The number of urea groups is 1. The Morgan fingerprint density at radius 2 is 1.79 bits per heavy atom. The van der Waals surface area contributed by atoms with Crippen LogP contribution >= 0.6 is 23.4 Å². The van der Waals surface area contributed by atoms with E-state index in [2.05, 4.69) is 5.32 Å². The molecule has 1 heterocycles. The van der Waals surface area contributed by atoms with Gasteiger partial charge in [-0.15, -0.1) is 11.8 Å². The second kappa shape index (κ2) is 8.88. The molecule has 28 heavy (non-hydrogen) atoms. The van der Waals surface area contributed by atoms with Gasteiger partial charge in [0.1, 0.15) is 11.3 Å². The van der Waals surface area contributed by atoms with Crippen molar-refractivity contribution in [1.82, 2.24) is 10.2 Å². The highest BCUT2D eigenvalue weighted by molar-refractivity contribution is 7.99. The number of amides is 3. The molecule has 5 nitrogen and oxygen atoms in total. The van der Waals surface area contributed by atoms with Gasteiger partial charge in [-0.1, -0.05) is 23.7 Å². The molecule has 7 heteroatoms. The van der Waals surface area contributed by atoms with Crippen LogP contribution in [0.4, 0.5) is 4.79 Å². The van der Waals surface area contributed by atoms with Gasteiger partial charge in [-0.3, -0.25) is 9.69 Å². The normalized spacial score (nSPS) is 19.0. The molecule has 1 atom stereocenters. The first-order chi connectivity index (χ1) is 13.4. The number of methoxy groups -OCH3 is 1. The molecule has 1 N–H and O–H groups in total. The van der Waals surface area contributed by atoms with E-state index in [0.717, 1.165) is 16.2 Å². The monoisotopic (exact) mass is 418 g/mol. The van der Waals surface area contributed by atoms with Crippen LogP contribution in [0, 0.1) is 0 Å². The Morgan fingerprint density at radius 1 is 1.11 bits per heavy atom. The summed E-state index contributed by atoms with van der Waals surface area (Å²) in [5, 5.41) is 3.55. The second-order valence-corrected chi connectivity index (χ2v) is 8.47. The highest BCUT2D eigenvalue weighted by Gasteiger charge is 2.46. The number of benzene rings is 2. The van der Waals surface area contributed by atoms with Crippen molar-refractivity contribution < 1.29 is 14.3 Å². The Bertz CT molecular complexity index is 842. The number of halogens is 1. The van der Waals surface area contributed by atoms with E-state index < -0.39 is 5.54 Å². The Kier molecular flexibility index (Phi) is 6.52. The van der Waals surface area contributed by atoms with Crippen molar-refractivity contribution in [2.45, 2.75) is 30.2 Å². The highest BCUT2D eigenvalue weighted by Crippen LogP contribution is 2.26. The lowest BCUT2D eigenvalue weighted by molar-refractivity contribution is -0.130. The third-order valence-corrected chi connectivity index (χ3v) is 6.06. The molecule has 3 amide bonds. The smallest absolute Gasteiger partial charge is 0.325 e. The molecule has 0 radical (unpaired) electrons. The molecule has 1 saturated heterocycles. The number of carbonyl (C=O) groups is 2. The van der Waals surface area contributed by atoms with E-state index in [-0.39, 0.29) is 11.9 Å². The first-order valence-electron chi connectivity index (χ1n) is 9.07. The zero-order chi connectivity index (χ0) is 20.1. The van der Waals surface area contributed by atoms with Gasteiger partial charge in [0, 0.05) is 22.2 Å². The van der Waals surface area contributed by atoms with Crippen molar-refractivity contribution in [3.05, 3.63) is 59.1 Å². The summed E-state index contributed by atoms with van der Waals surface area (Å²) in [5.41, 5.74) is 0.225. The van der Waals surface area contributed by atoms with Crippen molar-refractivity contribution in [2.75, 3.05) is 19.4 Å². The van der Waals surface area contributed by atoms with Crippen molar-refractivity contribution in [3.8, 4) is 5.75 Å². The first-order valence-corrected chi connectivity index (χ1v) is 10.4. The highest BCUT2D eigenvalue weighted by atomic mass is 35.5. The van der Waals surface area contributed by atoms with Gasteiger partial charge in [0.25, 0.3) is 5.91 Å². The van der Waals surface area contributed by atoms with Crippen molar-refractivity contribution in [3.63, 3.8) is 0 Å². The number of hydrogen-bond donors (Lipinski definition) is 1. The van der Waals surface area contributed by atoms with E-state index in [0.29, 0.717) is 30.2 Å². The minimum absolute atomic E-state index is 0.164. The molecular formula is C21H23ClN2O3S. The van der Waals surface area contributed by atoms with Crippen LogP contribution in [-0.4, -0.2) is 41.8 Å². The van der Waals surface area contributed by atoms with Crippen LogP contribution in [0.3, 0.4) is 0 Å². The van der Waals surface area contributed by atoms with Gasteiger partial charge in [-0.25, -0.2) is 4.79 Å². The fraction of sp³-hybridized carbons (Fsp3) is 0.333. The molecule has 0 bridgehead atoms. The number of ether oxygens (including phenoxy) is 1. The van der Waals surface area contributed by atoms with E-state index in [1.807, 2.05) is 48.5 Å². The van der Waals surface area contributed by atoms with Crippen LogP contribution in [0.1, 0.15) is 18.9 Å². The maximum Gasteiger partial charge on any atom is 0.325 e. The Hall–Kier alpha value is -2.18. The minimum atomic E-state index is -0.873. The van der Waals surface area contributed by atoms with Gasteiger partial charge in [-0.2, -0.15) is 0 Å². The molecule has 1 aliphatic rings. The Labute approximate surface area is 174 Å². The number of rotatable bonds is 8. The van der Waals surface area contributed by atoms with Gasteiger partial charge < -0.3 is 10.1 Å². The lowest BCUT2D eigenvalue weighted by Gasteiger charge is -2.21. The Morgan fingerprint density at radius 3 is 2.43 bits per heavy atom.